The molecule has 1 saturated carbocycles. The number of methoxy groups -OCH3 is 1. The summed E-state index contributed by atoms with van der Waals surface area (Å²) in [7, 11) is 1.65. The summed E-state index contributed by atoms with van der Waals surface area (Å²) >= 11 is 0. The Kier molecular flexibility index (Phi) is 6.15. The van der Waals surface area contributed by atoms with E-state index in [0.29, 0.717) is 24.5 Å². The number of nitrogens with zero attached hydrogens (tertiary/aromatic N) is 1. The molecule has 0 amide bonds. The molecule has 4 nitrogen and oxygen atoms in total. The number of benzene rings is 1. The maximum absolute atomic E-state index is 13.4. The van der Waals surface area contributed by atoms with Gasteiger partial charge >= 0.3 is 0 Å². The van der Waals surface area contributed by atoms with E-state index in [1.807, 2.05) is 18.2 Å². The Balaban J connectivity index is 1.48. The fraction of sp³-hybridized carbons (Fsp3) is 0.435. The predicted molar refractivity (Wildman–Crippen MR) is 106 cm³/mol. The van der Waals surface area contributed by atoms with Gasteiger partial charge in [-0.25, -0.2) is 4.39 Å². The molecule has 1 aliphatic heterocycles. The molecule has 148 valence electrons. The summed E-state index contributed by atoms with van der Waals surface area (Å²) in [6.45, 7) is 1.95. The number of hydrogen-bond acceptors (Lipinski definition) is 4. The molecule has 2 aromatic rings. The monoisotopic (exact) mass is 383 g/mol. The van der Waals surface area contributed by atoms with Gasteiger partial charge in [-0.15, -0.1) is 0 Å². The first-order valence-corrected chi connectivity index (χ1v) is 9.83. The highest BCUT2D eigenvalue weighted by Crippen LogP contribution is 2.44. The van der Waals surface area contributed by atoms with E-state index >= 15 is 0 Å². The van der Waals surface area contributed by atoms with Gasteiger partial charge in [0.05, 0.1) is 18.4 Å². The van der Waals surface area contributed by atoms with Gasteiger partial charge in [0.25, 0.3) is 0 Å². The van der Waals surface area contributed by atoms with E-state index in [1.54, 1.807) is 19.4 Å². The van der Waals surface area contributed by atoms with Crippen LogP contribution in [-0.2, 0) is 14.2 Å². The zero-order chi connectivity index (χ0) is 19.3. The number of hydrogen-bond donors (Lipinski definition) is 0. The van der Waals surface area contributed by atoms with E-state index in [0.717, 1.165) is 42.9 Å². The van der Waals surface area contributed by atoms with Crippen LogP contribution < -0.4 is 0 Å². The van der Waals surface area contributed by atoms with Crippen molar-refractivity contribution in [2.24, 2.45) is 17.8 Å². The van der Waals surface area contributed by atoms with Gasteiger partial charge in [-0.2, -0.15) is 0 Å². The van der Waals surface area contributed by atoms with Crippen molar-refractivity contribution in [3.8, 4) is 11.1 Å². The average Bonchev–Trinajstić information content (AvgIpc) is 3.08. The first-order valence-electron chi connectivity index (χ1n) is 9.83. The standard InChI is InChI=1S/C23H26FNO3/c1-26-15-28-23-12-17-9-10-27-14-22(17)21(23)8-7-20-6-5-18(13-25-20)16-3-2-4-19(24)11-16/h2-8,11,13,17,21-23H,9-10,12,14-15H2,1H3/t17-,21?,22-,23?/m0/s1. The number of rotatable bonds is 6. The minimum Gasteiger partial charge on any atom is -0.381 e. The summed E-state index contributed by atoms with van der Waals surface area (Å²) < 4.78 is 30.2. The number of ether oxygens (including phenoxy) is 3. The summed E-state index contributed by atoms with van der Waals surface area (Å²) in [6.07, 6.45) is 8.36. The van der Waals surface area contributed by atoms with Crippen LogP contribution in [0.1, 0.15) is 18.5 Å². The van der Waals surface area contributed by atoms with Gasteiger partial charge in [0.15, 0.2) is 0 Å². The summed E-state index contributed by atoms with van der Waals surface area (Å²) in [5.41, 5.74) is 2.61. The molecule has 28 heavy (non-hydrogen) atoms. The lowest BCUT2D eigenvalue weighted by Crippen LogP contribution is -2.28. The lowest BCUT2D eigenvalue weighted by Gasteiger charge is -2.28. The molecule has 1 aromatic carbocycles. The van der Waals surface area contributed by atoms with Gasteiger partial charge in [-0.05, 0) is 54.5 Å². The van der Waals surface area contributed by atoms with E-state index in [2.05, 4.69) is 17.1 Å². The van der Waals surface area contributed by atoms with Gasteiger partial charge in [-0.1, -0.05) is 24.3 Å². The van der Waals surface area contributed by atoms with Crippen LogP contribution >= 0.6 is 0 Å². The number of halogens is 1. The molecule has 4 rings (SSSR count). The van der Waals surface area contributed by atoms with Crippen molar-refractivity contribution in [2.75, 3.05) is 27.1 Å². The molecular formula is C23H26FNO3. The molecule has 0 N–H and O–H groups in total. The van der Waals surface area contributed by atoms with Crippen molar-refractivity contribution < 1.29 is 18.6 Å². The molecule has 0 radical (unpaired) electrons. The molecule has 2 aliphatic rings. The molecular weight excluding hydrogens is 357 g/mol. The molecule has 5 heteroatoms. The van der Waals surface area contributed by atoms with Crippen molar-refractivity contribution in [1.82, 2.24) is 4.98 Å². The molecule has 1 aromatic heterocycles. The Labute approximate surface area is 165 Å². The van der Waals surface area contributed by atoms with E-state index < -0.39 is 0 Å². The van der Waals surface area contributed by atoms with Gasteiger partial charge in [-0.3, -0.25) is 4.98 Å². The lowest BCUT2D eigenvalue weighted by atomic mass is 9.86. The Bertz CT molecular complexity index is 808. The average molecular weight is 383 g/mol. The largest absolute Gasteiger partial charge is 0.381 e. The molecule has 0 spiro atoms. The number of pyridine rings is 1. The zero-order valence-corrected chi connectivity index (χ0v) is 16.1. The third-order valence-corrected chi connectivity index (χ3v) is 5.84. The van der Waals surface area contributed by atoms with E-state index in [9.17, 15) is 4.39 Å². The second-order valence-electron chi connectivity index (χ2n) is 7.55. The summed E-state index contributed by atoms with van der Waals surface area (Å²) in [6, 6.07) is 10.5. The van der Waals surface area contributed by atoms with Crippen molar-refractivity contribution in [2.45, 2.75) is 18.9 Å². The Morgan fingerprint density at radius 2 is 2.18 bits per heavy atom. The van der Waals surface area contributed by atoms with Crippen molar-refractivity contribution in [1.29, 1.82) is 0 Å². The van der Waals surface area contributed by atoms with E-state index in [-0.39, 0.29) is 11.9 Å². The minimum atomic E-state index is -0.242. The smallest absolute Gasteiger partial charge is 0.146 e. The Morgan fingerprint density at radius 1 is 1.25 bits per heavy atom. The summed E-state index contributed by atoms with van der Waals surface area (Å²) in [4.78, 5) is 4.53. The van der Waals surface area contributed by atoms with Gasteiger partial charge < -0.3 is 14.2 Å². The first kappa shape index (κ1) is 19.2. The van der Waals surface area contributed by atoms with Crippen molar-refractivity contribution in [3.63, 3.8) is 0 Å². The third-order valence-electron chi connectivity index (χ3n) is 5.84. The SMILES string of the molecule is COCOC1C[C@@H]2CCOC[C@@H]2C1C=Cc1ccc(-c2cccc(F)c2)cn1. The van der Waals surface area contributed by atoms with Crippen molar-refractivity contribution in [3.05, 3.63) is 60.2 Å². The molecule has 1 saturated heterocycles. The van der Waals surface area contributed by atoms with Crippen LogP contribution in [0.25, 0.3) is 17.2 Å². The second-order valence-corrected chi connectivity index (χ2v) is 7.55. The quantitative estimate of drug-likeness (QED) is 0.686. The van der Waals surface area contributed by atoms with E-state index in [4.69, 9.17) is 14.2 Å². The molecule has 4 atom stereocenters. The summed E-state index contributed by atoms with van der Waals surface area (Å²) in [5, 5.41) is 0. The molecule has 0 bridgehead atoms. The van der Waals surface area contributed by atoms with Gasteiger partial charge in [0, 0.05) is 31.4 Å². The van der Waals surface area contributed by atoms with Crippen LogP contribution in [0.3, 0.4) is 0 Å². The Hall–Kier alpha value is -2.08. The normalized spacial score (nSPS) is 27.2. The zero-order valence-electron chi connectivity index (χ0n) is 16.1. The Morgan fingerprint density at radius 3 is 2.96 bits per heavy atom. The van der Waals surface area contributed by atoms with Crippen LogP contribution in [0.5, 0.6) is 0 Å². The highest BCUT2D eigenvalue weighted by Gasteiger charge is 2.43. The van der Waals surface area contributed by atoms with Gasteiger partial charge in [0.2, 0.25) is 0 Å². The second kappa shape index (κ2) is 8.95. The van der Waals surface area contributed by atoms with Gasteiger partial charge in [0.1, 0.15) is 12.6 Å². The number of fused-ring (bicyclic) bond motifs is 1. The minimum absolute atomic E-state index is 0.152. The van der Waals surface area contributed by atoms with Crippen LogP contribution in [0.4, 0.5) is 4.39 Å². The molecule has 1 aliphatic carbocycles. The van der Waals surface area contributed by atoms with Crippen LogP contribution in [0.15, 0.2) is 48.7 Å². The topological polar surface area (TPSA) is 40.6 Å². The fourth-order valence-electron chi connectivity index (χ4n) is 4.41. The van der Waals surface area contributed by atoms with Crippen molar-refractivity contribution >= 4 is 6.08 Å². The maximum Gasteiger partial charge on any atom is 0.146 e. The van der Waals surface area contributed by atoms with Crippen LogP contribution in [0.2, 0.25) is 0 Å². The first-order chi connectivity index (χ1) is 13.7. The predicted octanol–water partition coefficient (Wildman–Crippen LogP) is 4.56. The van der Waals surface area contributed by atoms with Crippen LogP contribution in [-0.4, -0.2) is 38.2 Å². The lowest BCUT2D eigenvalue weighted by molar-refractivity contribution is -0.0814. The number of aromatic nitrogens is 1. The maximum atomic E-state index is 13.4. The molecule has 2 unspecified atom stereocenters. The highest BCUT2D eigenvalue weighted by atomic mass is 19.1. The third kappa shape index (κ3) is 4.32. The molecule has 2 fully saturated rings. The fourth-order valence-corrected chi connectivity index (χ4v) is 4.41. The van der Waals surface area contributed by atoms with E-state index in [1.165, 1.54) is 12.1 Å². The highest BCUT2D eigenvalue weighted by molar-refractivity contribution is 5.63. The van der Waals surface area contributed by atoms with Crippen LogP contribution in [0, 0.1) is 23.6 Å². The molecule has 2 heterocycles. The summed E-state index contributed by atoms with van der Waals surface area (Å²) in [5.74, 6) is 1.19.